The van der Waals surface area contributed by atoms with Crippen molar-refractivity contribution < 1.29 is 4.39 Å². The van der Waals surface area contributed by atoms with Gasteiger partial charge in [-0.15, -0.1) is 11.3 Å². The average molecular weight is 272 g/mol. The second-order valence-corrected chi connectivity index (χ2v) is 5.67. The Bertz CT molecular complexity index is 716. The van der Waals surface area contributed by atoms with E-state index in [2.05, 4.69) is 4.98 Å². The molecule has 96 valence electrons. The van der Waals surface area contributed by atoms with E-state index in [-0.39, 0.29) is 5.82 Å². The van der Waals surface area contributed by atoms with E-state index in [1.807, 2.05) is 24.3 Å². The van der Waals surface area contributed by atoms with E-state index in [4.69, 9.17) is 5.73 Å². The van der Waals surface area contributed by atoms with Gasteiger partial charge in [0.15, 0.2) is 0 Å². The lowest BCUT2D eigenvalue weighted by Gasteiger charge is -2.05. The third-order valence-electron chi connectivity index (χ3n) is 3.11. The summed E-state index contributed by atoms with van der Waals surface area (Å²) in [5.41, 5.74) is 8.79. The number of hydrogen-bond acceptors (Lipinski definition) is 3. The number of fused-ring (bicyclic) bond motifs is 1. The highest BCUT2D eigenvalue weighted by Gasteiger charge is 2.09. The Morgan fingerprint density at radius 2 is 2.05 bits per heavy atom. The highest BCUT2D eigenvalue weighted by molar-refractivity contribution is 7.18. The molecule has 0 unspecified atom stereocenters. The summed E-state index contributed by atoms with van der Waals surface area (Å²) >= 11 is 1.59. The molecule has 3 rings (SSSR count). The zero-order valence-electron chi connectivity index (χ0n) is 10.5. The zero-order chi connectivity index (χ0) is 13.4. The molecule has 2 aromatic carbocycles. The second kappa shape index (κ2) is 4.63. The van der Waals surface area contributed by atoms with Gasteiger partial charge in [-0.1, -0.05) is 12.1 Å². The molecule has 0 aliphatic heterocycles. The number of hydrogen-bond donors (Lipinski definition) is 1. The van der Waals surface area contributed by atoms with Crippen LogP contribution in [0.25, 0.3) is 10.2 Å². The third-order valence-corrected chi connectivity index (χ3v) is 4.15. The summed E-state index contributed by atoms with van der Waals surface area (Å²) in [6, 6.07) is 11.1. The molecule has 0 saturated heterocycles. The van der Waals surface area contributed by atoms with Crippen molar-refractivity contribution in [3.8, 4) is 0 Å². The van der Waals surface area contributed by atoms with Crippen molar-refractivity contribution >= 4 is 27.2 Å². The van der Waals surface area contributed by atoms with Crippen molar-refractivity contribution in [3.05, 3.63) is 58.3 Å². The maximum absolute atomic E-state index is 13.9. The van der Waals surface area contributed by atoms with E-state index >= 15 is 0 Å². The fourth-order valence-electron chi connectivity index (χ4n) is 2.03. The molecule has 0 spiro atoms. The average Bonchev–Trinajstić information content (AvgIpc) is 2.78. The summed E-state index contributed by atoms with van der Waals surface area (Å²) < 4.78 is 15.0. The van der Waals surface area contributed by atoms with Crippen LogP contribution in [0.1, 0.15) is 16.1 Å². The number of anilines is 1. The summed E-state index contributed by atoms with van der Waals surface area (Å²) in [5.74, 6) is -0.217. The maximum atomic E-state index is 13.9. The van der Waals surface area contributed by atoms with E-state index in [9.17, 15) is 4.39 Å². The molecular weight excluding hydrogens is 259 g/mol. The summed E-state index contributed by atoms with van der Waals surface area (Å²) in [6.45, 7) is 1.81. The van der Waals surface area contributed by atoms with Gasteiger partial charge in [-0.25, -0.2) is 9.37 Å². The van der Waals surface area contributed by atoms with Gasteiger partial charge >= 0.3 is 0 Å². The van der Waals surface area contributed by atoms with Crippen molar-refractivity contribution in [2.75, 3.05) is 5.73 Å². The second-order valence-electron chi connectivity index (χ2n) is 4.55. The lowest BCUT2D eigenvalue weighted by Crippen LogP contribution is -1.97. The first-order chi connectivity index (χ1) is 9.13. The fraction of sp³-hybridized carbons (Fsp3) is 0.133. The van der Waals surface area contributed by atoms with Crippen LogP contribution in [0.3, 0.4) is 0 Å². The number of aromatic nitrogens is 1. The summed E-state index contributed by atoms with van der Waals surface area (Å²) in [7, 11) is 0. The summed E-state index contributed by atoms with van der Waals surface area (Å²) in [6.07, 6.45) is 0.482. The molecule has 19 heavy (non-hydrogen) atoms. The molecule has 0 fully saturated rings. The summed E-state index contributed by atoms with van der Waals surface area (Å²) in [4.78, 5) is 4.51. The van der Waals surface area contributed by atoms with Crippen LogP contribution in [-0.4, -0.2) is 4.98 Å². The lowest BCUT2D eigenvalue weighted by molar-refractivity contribution is 0.613. The van der Waals surface area contributed by atoms with Crippen molar-refractivity contribution in [1.82, 2.24) is 4.98 Å². The lowest BCUT2D eigenvalue weighted by atomic mass is 10.1. The predicted molar refractivity (Wildman–Crippen MR) is 78.0 cm³/mol. The molecule has 2 N–H and O–H groups in total. The quantitative estimate of drug-likeness (QED) is 0.718. The number of rotatable bonds is 2. The van der Waals surface area contributed by atoms with Crippen LogP contribution >= 0.6 is 11.3 Å². The van der Waals surface area contributed by atoms with Gasteiger partial charge in [0.25, 0.3) is 0 Å². The SMILES string of the molecule is Cc1cc(F)c(Cc2nc3ccccc3s2)cc1N. The van der Waals surface area contributed by atoms with Gasteiger partial charge in [-0.05, 0) is 42.3 Å². The van der Waals surface area contributed by atoms with Crippen LogP contribution in [0.4, 0.5) is 10.1 Å². The Labute approximate surface area is 114 Å². The van der Waals surface area contributed by atoms with Crippen LogP contribution in [0.5, 0.6) is 0 Å². The molecule has 3 aromatic rings. The monoisotopic (exact) mass is 272 g/mol. The molecule has 1 heterocycles. The van der Waals surface area contributed by atoms with Crippen LogP contribution in [-0.2, 0) is 6.42 Å². The van der Waals surface area contributed by atoms with Gasteiger partial charge in [0.05, 0.1) is 15.2 Å². The Kier molecular flexibility index (Phi) is 2.95. The van der Waals surface area contributed by atoms with Gasteiger partial charge in [-0.2, -0.15) is 0 Å². The minimum absolute atomic E-state index is 0.217. The normalized spacial score (nSPS) is 11.1. The minimum atomic E-state index is -0.217. The topological polar surface area (TPSA) is 38.9 Å². The number of nitrogens with zero attached hydrogens (tertiary/aromatic N) is 1. The number of thiazole rings is 1. The Morgan fingerprint density at radius 1 is 1.26 bits per heavy atom. The van der Waals surface area contributed by atoms with Crippen molar-refractivity contribution in [3.63, 3.8) is 0 Å². The molecule has 1 aromatic heterocycles. The van der Waals surface area contributed by atoms with E-state index in [1.54, 1.807) is 24.3 Å². The van der Waals surface area contributed by atoms with Crippen LogP contribution in [0, 0.1) is 12.7 Å². The van der Waals surface area contributed by atoms with Crippen LogP contribution < -0.4 is 5.73 Å². The van der Waals surface area contributed by atoms with Gasteiger partial charge in [0.2, 0.25) is 0 Å². The standard InChI is InChI=1S/C15H13FN2S/c1-9-6-11(16)10(7-12(9)17)8-15-18-13-4-2-3-5-14(13)19-15/h2-7H,8,17H2,1H3. The Balaban J connectivity index is 1.98. The Hall–Kier alpha value is -1.94. The van der Waals surface area contributed by atoms with Gasteiger partial charge in [0, 0.05) is 12.1 Å². The van der Waals surface area contributed by atoms with Crippen LogP contribution in [0.2, 0.25) is 0 Å². The summed E-state index contributed by atoms with van der Waals surface area (Å²) in [5, 5.41) is 0.906. The maximum Gasteiger partial charge on any atom is 0.127 e. The van der Waals surface area contributed by atoms with Crippen LogP contribution in [0.15, 0.2) is 36.4 Å². The molecule has 2 nitrogen and oxygen atoms in total. The number of para-hydroxylation sites is 1. The number of aryl methyl sites for hydroxylation is 1. The first-order valence-corrected chi connectivity index (χ1v) is 6.84. The first kappa shape index (κ1) is 12.1. The highest BCUT2D eigenvalue weighted by atomic mass is 32.1. The molecule has 0 aliphatic rings. The molecule has 0 amide bonds. The fourth-order valence-corrected chi connectivity index (χ4v) is 3.02. The molecule has 0 radical (unpaired) electrons. The molecule has 0 atom stereocenters. The molecule has 0 aliphatic carbocycles. The number of nitrogen functional groups attached to an aromatic ring is 1. The van der Waals surface area contributed by atoms with Crippen molar-refractivity contribution in [2.45, 2.75) is 13.3 Å². The van der Waals surface area contributed by atoms with Gasteiger partial charge in [-0.3, -0.25) is 0 Å². The minimum Gasteiger partial charge on any atom is -0.399 e. The van der Waals surface area contributed by atoms with E-state index in [1.165, 1.54) is 6.07 Å². The smallest absolute Gasteiger partial charge is 0.127 e. The number of benzene rings is 2. The van der Waals surface area contributed by atoms with E-state index in [0.29, 0.717) is 17.7 Å². The van der Waals surface area contributed by atoms with E-state index in [0.717, 1.165) is 20.8 Å². The molecule has 0 bridgehead atoms. The Morgan fingerprint density at radius 3 is 2.84 bits per heavy atom. The number of halogens is 1. The van der Waals surface area contributed by atoms with Crippen molar-refractivity contribution in [1.29, 1.82) is 0 Å². The number of nitrogens with two attached hydrogens (primary N) is 1. The molecular formula is C15H13FN2S. The largest absolute Gasteiger partial charge is 0.399 e. The van der Waals surface area contributed by atoms with E-state index < -0.39 is 0 Å². The highest BCUT2D eigenvalue weighted by Crippen LogP contribution is 2.26. The first-order valence-electron chi connectivity index (χ1n) is 6.02. The molecule has 4 heteroatoms. The third kappa shape index (κ3) is 2.31. The molecule has 0 saturated carbocycles. The van der Waals surface area contributed by atoms with Crippen molar-refractivity contribution in [2.24, 2.45) is 0 Å². The van der Waals surface area contributed by atoms with Gasteiger partial charge < -0.3 is 5.73 Å². The zero-order valence-corrected chi connectivity index (χ0v) is 11.3. The predicted octanol–water partition coefficient (Wildman–Crippen LogP) is 3.92. The van der Waals surface area contributed by atoms with Gasteiger partial charge in [0.1, 0.15) is 5.82 Å².